The van der Waals surface area contributed by atoms with Crippen molar-refractivity contribution in [2.75, 3.05) is 29.4 Å². The molecule has 146 heavy (non-hydrogen) atoms. The molecule has 0 N–H and O–H groups in total. The summed E-state index contributed by atoms with van der Waals surface area (Å²) in [5.74, 6) is -0.617. The Morgan fingerprint density at radius 1 is 0.205 bits per heavy atom. The summed E-state index contributed by atoms with van der Waals surface area (Å²) in [6.07, 6.45) is 0. The molecule has 0 saturated heterocycles. The van der Waals surface area contributed by atoms with Crippen molar-refractivity contribution in [3.8, 4) is 61.4 Å². The highest BCUT2D eigenvalue weighted by Gasteiger charge is 2.49. The zero-order valence-electron chi connectivity index (χ0n) is 83.8. The first-order valence-corrected chi connectivity index (χ1v) is 51.2. The Morgan fingerprint density at radius 3 is 0.664 bits per heavy atom. The van der Waals surface area contributed by atoms with Gasteiger partial charge in [-0.05, 0) is 247 Å². The van der Waals surface area contributed by atoms with Crippen molar-refractivity contribution in [1.29, 1.82) is 0 Å². The van der Waals surface area contributed by atoms with Crippen LogP contribution in [0.3, 0.4) is 0 Å². The molecule has 19 rings (SSSR count). The van der Waals surface area contributed by atoms with Crippen molar-refractivity contribution in [3.05, 3.63) is 512 Å². The van der Waals surface area contributed by atoms with E-state index >= 15 is 0 Å². The molecule has 728 valence electrons. The maximum Gasteiger partial charge on any atom is 0.534 e. The molecule has 9 nitrogen and oxygen atoms in total. The van der Waals surface area contributed by atoms with E-state index in [2.05, 4.69) is 370 Å². The highest BCUT2D eigenvalue weighted by atomic mass is 35.5. The summed E-state index contributed by atoms with van der Waals surface area (Å²) >= 11 is 16.4. The molecule has 0 spiro atoms. The Labute approximate surface area is 867 Å². The van der Waals surface area contributed by atoms with Gasteiger partial charge in [-0.25, -0.2) is 0 Å². The summed E-state index contributed by atoms with van der Waals surface area (Å²) in [7, 11) is -6.22. The van der Waals surface area contributed by atoms with Crippen LogP contribution in [0.5, 0.6) is 5.75 Å². The lowest BCUT2D eigenvalue weighted by molar-refractivity contribution is -0.0500. The number of rotatable bonds is 25. The number of para-hydroxylation sites is 6. The minimum atomic E-state index is -6.22. The summed E-state index contributed by atoms with van der Waals surface area (Å²) in [5, 5.41) is 0.682. The number of alkyl halides is 3. The zero-order chi connectivity index (χ0) is 102. The Hall–Kier alpha value is -15.9. The maximum atomic E-state index is 14.6. The summed E-state index contributed by atoms with van der Waals surface area (Å²) < 4.78 is 75.4. The number of anilines is 18. The van der Waals surface area contributed by atoms with Crippen molar-refractivity contribution in [2.24, 2.45) is 0 Å². The van der Waals surface area contributed by atoms with Crippen LogP contribution in [-0.2, 0) is 31.8 Å². The van der Waals surface area contributed by atoms with Crippen LogP contribution in [0.4, 0.5) is 116 Å². The van der Waals surface area contributed by atoms with Gasteiger partial charge < -0.3 is 33.6 Å². The standard InChI is InChI=1S/C68H60ClN3.C63H55ClF3N3O3S/c1-67(2,3)53-40-42-58(43-41-53)72(66-61(50-28-15-8-16-29-50)46-54(68(4,5)6)47-62(66)51-30-17-9-18-31-51)64-45-52(49-26-13-7-14-27-49)44-63(65(64)69)71(57-36-23-12-24-37-57)60-39-25-38-59(48-60)70(55-32-19-10-20-33-55)56-34-21-11-22-35-56;1-61(2,3)46-35-37-51(38-36-46)70(60-55(44-23-12-7-13-24-44)39-47(62(4,5)6)40-56(60)45-25-14-8-15-26-45)58-43-54(73-74(71,72)63(65,66)67)42-57(59(58)64)69(50-31-20-11-21-32-50)53-34-22-33-52(41-53)68(48-27-16-9-17-28-48)49-29-18-10-19-30-49/h7-48H,1-6H3;7-43H,1-6H3. The molecule has 0 bridgehead atoms. The third-order valence-corrected chi connectivity index (χ3v) is 27.9. The summed E-state index contributed by atoms with van der Waals surface area (Å²) in [6, 6.07) is 162. The molecule has 0 amide bonds. The molecule has 0 radical (unpaired) electrons. The molecule has 0 aromatic heterocycles. The van der Waals surface area contributed by atoms with Crippen LogP contribution in [0.15, 0.2) is 479 Å². The minimum Gasteiger partial charge on any atom is -0.376 e. The number of nitrogens with zero attached hydrogens (tertiary/aromatic N) is 6. The Balaban J connectivity index is 0.000000192. The first-order valence-electron chi connectivity index (χ1n) is 49.0. The van der Waals surface area contributed by atoms with Crippen LogP contribution in [0.2, 0.25) is 10.0 Å². The molecule has 0 fully saturated rings. The van der Waals surface area contributed by atoms with Crippen molar-refractivity contribution in [3.63, 3.8) is 0 Å². The van der Waals surface area contributed by atoms with E-state index in [-0.39, 0.29) is 38.1 Å². The number of benzene rings is 19. The lowest BCUT2D eigenvalue weighted by atomic mass is 9.81. The molecule has 0 heterocycles. The zero-order valence-corrected chi connectivity index (χ0v) is 86.1. The van der Waals surface area contributed by atoms with Crippen molar-refractivity contribution in [2.45, 2.75) is 110 Å². The SMILES string of the molecule is CC(C)(C)c1ccc(N(c2cc(-c3ccccc3)cc(N(c3ccccc3)c3cccc(N(c4ccccc4)c4ccccc4)c3)c2Cl)c2c(-c3ccccc3)cc(C(C)(C)C)cc2-c2ccccc2)cc1.CC(C)(C)c1ccc(N(c2cc(OS(=O)(=O)C(F)(F)F)cc(N(c3ccccc3)c3cccc(N(c4ccccc4)c4ccccc4)c3)c2Cl)c2c(-c3ccccc3)cc(C(C)(C)C)cc2-c2ccccc2)cc1. The fraction of sp³-hybridized carbons (Fsp3) is 0.130. The van der Waals surface area contributed by atoms with E-state index in [0.29, 0.717) is 27.8 Å². The lowest BCUT2D eigenvalue weighted by Gasteiger charge is -2.35. The number of halogens is 5. The minimum absolute atomic E-state index is 0.0541. The van der Waals surface area contributed by atoms with Crippen LogP contribution >= 0.6 is 23.2 Å². The normalized spacial score (nSPS) is 11.8. The van der Waals surface area contributed by atoms with Crippen molar-refractivity contribution < 1.29 is 25.8 Å². The molecule has 0 unspecified atom stereocenters. The molecule has 0 aliphatic carbocycles. The molecule has 0 aliphatic rings. The van der Waals surface area contributed by atoms with Gasteiger partial charge in [-0.1, -0.05) is 404 Å². The third kappa shape index (κ3) is 22.1. The van der Waals surface area contributed by atoms with Gasteiger partial charge in [0.25, 0.3) is 0 Å². The molecule has 0 atom stereocenters. The summed E-state index contributed by atoms with van der Waals surface area (Å²) in [6.45, 7) is 26.5. The predicted molar refractivity (Wildman–Crippen MR) is 609 cm³/mol. The molecule has 0 saturated carbocycles. The first kappa shape index (κ1) is 100. The van der Waals surface area contributed by atoms with Gasteiger partial charge in [0, 0.05) is 103 Å². The maximum absolute atomic E-state index is 14.6. The fourth-order valence-corrected chi connectivity index (χ4v) is 19.6. The van der Waals surface area contributed by atoms with E-state index in [1.807, 2.05) is 205 Å². The predicted octanol–water partition coefficient (Wildman–Crippen LogP) is 39.3. The lowest BCUT2D eigenvalue weighted by Crippen LogP contribution is -2.28. The van der Waals surface area contributed by atoms with Gasteiger partial charge in [-0.2, -0.15) is 21.6 Å². The number of hydrogen-bond donors (Lipinski definition) is 0. The van der Waals surface area contributed by atoms with E-state index in [0.717, 1.165) is 135 Å². The fourth-order valence-electron chi connectivity index (χ4n) is 18.6. The first-order chi connectivity index (χ1) is 70.2. The Bertz CT molecular complexity index is 7640. The summed E-state index contributed by atoms with van der Waals surface area (Å²) in [4.78, 5) is 12.9. The topological polar surface area (TPSA) is 62.8 Å². The molecule has 19 aromatic carbocycles. The smallest absolute Gasteiger partial charge is 0.376 e. The Kier molecular flexibility index (Phi) is 29.2. The van der Waals surface area contributed by atoms with Crippen LogP contribution in [0.25, 0.3) is 55.6 Å². The van der Waals surface area contributed by atoms with Gasteiger partial charge in [-0.3, -0.25) is 0 Å². The second-order valence-corrected chi connectivity index (χ2v) is 42.7. The van der Waals surface area contributed by atoms with Gasteiger partial charge in [0.2, 0.25) is 0 Å². The second-order valence-electron chi connectivity index (χ2n) is 40.4. The van der Waals surface area contributed by atoms with Crippen LogP contribution in [0.1, 0.15) is 105 Å². The summed E-state index contributed by atoms with van der Waals surface area (Å²) in [5.41, 5.74) is 21.8. The number of hydrogen-bond acceptors (Lipinski definition) is 9. The van der Waals surface area contributed by atoms with E-state index in [1.54, 1.807) is 4.90 Å². The van der Waals surface area contributed by atoms with E-state index in [4.69, 9.17) is 27.4 Å². The van der Waals surface area contributed by atoms with Crippen molar-refractivity contribution >= 4 is 136 Å². The van der Waals surface area contributed by atoms with Crippen LogP contribution < -0.4 is 33.6 Å². The van der Waals surface area contributed by atoms with Gasteiger partial charge in [-0.15, -0.1) is 0 Å². The molecule has 15 heteroatoms. The van der Waals surface area contributed by atoms with Crippen LogP contribution in [0, 0.1) is 0 Å². The van der Waals surface area contributed by atoms with Crippen molar-refractivity contribution in [1.82, 2.24) is 0 Å². The van der Waals surface area contributed by atoms with Crippen LogP contribution in [-0.4, -0.2) is 13.9 Å². The highest BCUT2D eigenvalue weighted by Crippen LogP contribution is 2.59. The second kappa shape index (κ2) is 42.6. The Morgan fingerprint density at radius 2 is 0.411 bits per heavy atom. The van der Waals surface area contributed by atoms with Gasteiger partial charge in [0.1, 0.15) is 5.75 Å². The highest BCUT2D eigenvalue weighted by molar-refractivity contribution is 7.88. The average Bonchev–Trinajstić information content (AvgIpc) is 0.734. The largest absolute Gasteiger partial charge is 0.534 e. The van der Waals surface area contributed by atoms with E-state index in [9.17, 15) is 21.6 Å². The molecule has 0 aliphatic heterocycles. The van der Waals surface area contributed by atoms with E-state index in [1.165, 1.54) is 23.3 Å². The average molecular weight is 1980 g/mol. The quantitative estimate of drug-likeness (QED) is 0.0411. The van der Waals surface area contributed by atoms with E-state index < -0.39 is 21.4 Å². The van der Waals surface area contributed by atoms with Gasteiger partial charge >= 0.3 is 15.6 Å². The monoisotopic (exact) mass is 1980 g/mol. The molecular weight excluding hydrogens is 1870 g/mol. The van der Waals surface area contributed by atoms with Gasteiger partial charge in [0.15, 0.2) is 0 Å². The molecular formula is C131H115Cl2F3N6O3S. The van der Waals surface area contributed by atoms with Gasteiger partial charge in [0.05, 0.1) is 44.2 Å². The molecule has 19 aromatic rings. The third-order valence-electron chi connectivity index (χ3n) is 26.1.